The number of hydrogen-bond acceptors (Lipinski definition) is 6. The van der Waals surface area contributed by atoms with Crippen LogP contribution in [-0.4, -0.2) is 81.4 Å². The molecule has 3 heterocycles. The Balaban J connectivity index is 1.21. The number of ether oxygens (including phenoxy) is 2. The molecule has 2 amide bonds. The first kappa shape index (κ1) is 26.3. The second kappa shape index (κ2) is 10.5. The Bertz CT molecular complexity index is 1160. The van der Waals surface area contributed by atoms with Gasteiger partial charge >= 0.3 is 12.5 Å². The largest absolute Gasteiger partial charge is 0.573 e. The summed E-state index contributed by atoms with van der Waals surface area (Å²) >= 11 is 0. The zero-order valence-corrected chi connectivity index (χ0v) is 21.4. The van der Waals surface area contributed by atoms with Crippen LogP contribution in [0.25, 0.3) is 0 Å². The molecule has 12 heteroatoms. The van der Waals surface area contributed by atoms with E-state index in [9.17, 15) is 22.8 Å². The number of rotatable bonds is 8. The predicted molar refractivity (Wildman–Crippen MR) is 130 cm³/mol. The summed E-state index contributed by atoms with van der Waals surface area (Å²) in [5, 5.41) is 0. The molecular formula is C26H32F3N5O4. The van der Waals surface area contributed by atoms with Crippen LogP contribution in [0.3, 0.4) is 0 Å². The van der Waals surface area contributed by atoms with Gasteiger partial charge in [-0.3, -0.25) is 9.69 Å². The van der Waals surface area contributed by atoms with Crippen molar-refractivity contribution in [1.29, 1.82) is 0 Å². The van der Waals surface area contributed by atoms with Crippen LogP contribution in [0.2, 0.25) is 0 Å². The zero-order valence-electron chi connectivity index (χ0n) is 21.4. The van der Waals surface area contributed by atoms with Crippen molar-refractivity contribution >= 4 is 12.0 Å². The Hall–Kier alpha value is -3.28. The minimum absolute atomic E-state index is 0.0612. The molecule has 206 valence electrons. The first-order valence-electron chi connectivity index (χ1n) is 12.9. The van der Waals surface area contributed by atoms with Crippen molar-refractivity contribution in [3.63, 3.8) is 0 Å². The standard InChI is InChI=1S/C26H32F3N5O4/c1-17-5-4-8-34(17)24(35)15-32-11-20-21(12-32)22(20)13-33(25(36)37-23-14-31(2)16-30-23)10-18-6-3-7-19(9-18)38-26(27,28)29/h3,6-7,9,14,16-17,20-22H,4-5,8,10-13,15H2,1-2H3. The number of carbonyl (C=O) groups is 2. The quantitative estimate of drug-likeness (QED) is 0.515. The van der Waals surface area contributed by atoms with E-state index in [2.05, 4.69) is 21.5 Å². The molecule has 2 aromatic rings. The van der Waals surface area contributed by atoms with Gasteiger partial charge < -0.3 is 23.8 Å². The smallest absolute Gasteiger partial charge is 0.406 e. The van der Waals surface area contributed by atoms with Gasteiger partial charge in [-0.1, -0.05) is 12.1 Å². The summed E-state index contributed by atoms with van der Waals surface area (Å²) in [5.74, 6) is 0.942. The van der Waals surface area contributed by atoms with E-state index in [0.717, 1.165) is 32.5 Å². The summed E-state index contributed by atoms with van der Waals surface area (Å²) in [6.45, 7) is 5.38. The highest BCUT2D eigenvalue weighted by Crippen LogP contribution is 2.52. The Morgan fingerprint density at radius 1 is 1.21 bits per heavy atom. The lowest BCUT2D eigenvalue weighted by Gasteiger charge is -2.27. The summed E-state index contributed by atoms with van der Waals surface area (Å²) in [7, 11) is 1.75. The first-order valence-corrected chi connectivity index (χ1v) is 12.9. The average molecular weight is 536 g/mol. The highest BCUT2D eigenvalue weighted by atomic mass is 19.4. The summed E-state index contributed by atoms with van der Waals surface area (Å²) < 4.78 is 49.2. The van der Waals surface area contributed by atoms with Gasteiger partial charge in [0.25, 0.3) is 0 Å². The highest BCUT2D eigenvalue weighted by Gasteiger charge is 2.56. The number of piperidine rings is 1. The second-order valence-electron chi connectivity index (χ2n) is 10.6. The minimum Gasteiger partial charge on any atom is -0.406 e. The molecule has 3 unspecified atom stereocenters. The van der Waals surface area contributed by atoms with Gasteiger partial charge in [-0.2, -0.15) is 0 Å². The van der Waals surface area contributed by atoms with Crippen LogP contribution in [0.4, 0.5) is 18.0 Å². The molecule has 38 heavy (non-hydrogen) atoms. The van der Waals surface area contributed by atoms with Gasteiger partial charge in [0.1, 0.15) is 5.75 Å². The molecule has 1 aliphatic carbocycles. The SMILES string of the molecule is CC1CCCN1C(=O)CN1CC2C(C1)C2CN(Cc1cccc(OC(F)(F)F)c1)C(=O)Oc1cn(C)cn1. The number of likely N-dealkylation sites (tertiary alicyclic amines) is 2. The van der Waals surface area contributed by atoms with Gasteiger partial charge in [0.05, 0.1) is 19.1 Å². The van der Waals surface area contributed by atoms with E-state index in [0.29, 0.717) is 36.5 Å². The topological polar surface area (TPSA) is 80.1 Å². The van der Waals surface area contributed by atoms with E-state index in [-0.39, 0.29) is 30.0 Å². The fourth-order valence-electron chi connectivity index (χ4n) is 5.84. The number of carbonyl (C=O) groups excluding carboxylic acids is 2. The molecule has 2 aliphatic heterocycles. The molecule has 0 N–H and O–H groups in total. The summed E-state index contributed by atoms with van der Waals surface area (Å²) in [6, 6.07) is 5.89. The molecule has 2 saturated heterocycles. The van der Waals surface area contributed by atoms with Crippen molar-refractivity contribution in [3.8, 4) is 11.6 Å². The third kappa shape index (κ3) is 6.23. The van der Waals surface area contributed by atoms with E-state index in [1.165, 1.54) is 29.4 Å². The summed E-state index contributed by atoms with van der Waals surface area (Å²) in [5.41, 5.74) is 0.488. The highest BCUT2D eigenvalue weighted by molar-refractivity contribution is 5.79. The van der Waals surface area contributed by atoms with Crippen LogP contribution in [0, 0.1) is 17.8 Å². The van der Waals surface area contributed by atoms with Crippen molar-refractivity contribution in [3.05, 3.63) is 42.4 Å². The van der Waals surface area contributed by atoms with Crippen LogP contribution in [0.15, 0.2) is 36.8 Å². The summed E-state index contributed by atoms with van der Waals surface area (Å²) in [4.78, 5) is 35.5. The lowest BCUT2D eigenvalue weighted by Crippen LogP contribution is -2.42. The maximum absolute atomic E-state index is 13.1. The number of nitrogens with zero attached hydrogens (tertiary/aromatic N) is 5. The first-order chi connectivity index (χ1) is 18.1. The second-order valence-corrected chi connectivity index (χ2v) is 10.6. The number of fused-ring (bicyclic) bond motifs is 1. The number of amides is 2. The van der Waals surface area contributed by atoms with E-state index < -0.39 is 12.5 Å². The number of benzene rings is 1. The number of imidazole rings is 1. The van der Waals surface area contributed by atoms with Crippen LogP contribution in [-0.2, 0) is 18.4 Å². The summed E-state index contributed by atoms with van der Waals surface area (Å²) in [6.07, 6.45) is -0.247. The molecule has 3 aliphatic rings. The van der Waals surface area contributed by atoms with Crippen molar-refractivity contribution < 1.29 is 32.2 Å². The van der Waals surface area contributed by atoms with Crippen molar-refractivity contribution in [1.82, 2.24) is 24.3 Å². The Morgan fingerprint density at radius 3 is 2.61 bits per heavy atom. The van der Waals surface area contributed by atoms with Gasteiger partial charge in [-0.05, 0) is 55.2 Å². The number of halogens is 3. The monoisotopic (exact) mass is 535 g/mol. The lowest BCUT2D eigenvalue weighted by atomic mass is 10.2. The Kier molecular flexibility index (Phi) is 7.26. The number of alkyl halides is 3. The maximum Gasteiger partial charge on any atom is 0.573 e. The number of hydrogen-bond donors (Lipinski definition) is 0. The molecule has 3 atom stereocenters. The molecule has 1 saturated carbocycles. The van der Waals surface area contributed by atoms with Gasteiger partial charge in [0.2, 0.25) is 11.8 Å². The van der Waals surface area contributed by atoms with Crippen LogP contribution in [0.5, 0.6) is 11.6 Å². The normalized spacial score (nSPS) is 24.8. The van der Waals surface area contributed by atoms with E-state index in [1.807, 2.05) is 4.90 Å². The van der Waals surface area contributed by atoms with Crippen LogP contribution < -0.4 is 9.47 Å². The third-order valence-corrected chi connectivity index (χ3v) is 7.75. The molecule has 3 fully saturated rings. The van der Waals surface area contributed by atoms with Crippen molar-refractivity contribution in [2.45, 2.75) is 38.7 Å². The van der Waals surface area contributed by atoms with Gasteiger partial charge in [0, 0.05) is 45.8 Å². The van der Waals surface area contributed by atoms with Gasteiger partial charge in [-0.15, -0.1) is 13.2 Å². The predicted octanol–water partition coefficient (Wildman–Crippen LogP) is 3.51. The van der Waals surface area contributed by atoms with Crippen LogP contribution in [0.1, 0.15) is 25.3 Å². The minimum atomic E-state index is -4.80. The molecule has 0 bridgehead atoms. The molecule has 0 radical (unpaired) electrons. The fourth-order valence-corrected chi connectivity index (χ4v) is 5.84. The van der Waals surface area contributed by atoms with Gasteiger partial charge in [-0.25, -0.2) is 9.78 Å². The Labute approximate surface area is 219 Å². The van der Waals surface area contributed by atoms with Crippen molar-refractivity contribution in [2.75, 3.05) is 32.7 Å². The number of aryl methyl sites for hydroxylation is 1. The molecule has 0 spiro atoms. The molecular weight excluding hydrogens is 503 g/mol. The van der Waals surface area contributed by atoms with E-state index >= 15 is 0 Å². The lowest BCUT2D eigenvalue weighted by molar-refractivity contribution is -0.274. The molecule has 1 aromatic heterocycles. The Morgan fingerprint density at radius 2 is 1.97 bits per heavy atom. The third-order valence-electron chi connectivity index (χ3n) is 7.75. The van der Waals surface area contributed by atoms with Crippen LogP contribution >= 0.6 is 0 Å². The average Bonchev–Trinajstić information content (AvgIpc) is 3.26. The maximum atomic E-state index is 13.1. The zero-order chi connectivity index (χ0) is 27.0. The number of aromatic nitrogens is 2. The molecule has 1 aromatic carbocycles. The van der Waals surface area contributed by atoms with Gasteiger partial charge in [0.15, 0.2) is 0 Å². The fraction of sp³-hybridized carbons (Fsp3) is 0.577. The molecule has 5 rings (SSSR count). The van der Waals surface area contributed by atoms with Crippen molar-refractivity contribution in [2.24, 2.45) is 24.8 Å². The van der Waals surface area contributed by atoms with E-state index in [4.69, 9.17) is 4.74 Å². The van der Waals surface area contributed by atoms with E-state index in [1.54, 1.807) is 23.9 Å². The molecule has 9 nitrogen and oxygen atoms in total.